The van der Waals surface area contributed by atoms with E-state index >= 15 is 0 Å². The first-order valence-electron chi connectivity index (χ1n) is 12.5. The van der Waals surface area contributed by atoms with Crippen molar-refractivity contribution in [1.29, 1.82) is 0 Å². The van der Waals surface area contributed by atoms with Crippen LogP contribution in [0.25, 0.3) is 44.7 Å². The lowest BCUT2D eigenvalue weighted by Crippen LogP contribution is -2.38. The van der Waals surface area contributed by atoms with Gasteiger partial charge >= 0.3 is 5.69 Å². The number of aryl methyl sites for hydroxylation is 1. The van der Waals surface area contributed by atoms with E-state index in [1.807, 2.05) is 42.1 Å². The number of aromatic nitrogens is 10. The Morgan fingerprint density at radius 3 is 2.74 bits per heavy atom. The average molecular weight is 543 g/mol. The summed E-state index contributed by atoms with van der Waals surface area (Å²) in [5.74, 6) is 0.837. The van der Waals surface area contributed by atoms with Crippen LogP contribution in [0.1, 0.15) is 18.4 Å². The Kier molecular flexibility index (Phi) is 5.27. The number of rotatable bonds is 6. The second-order valence-electron chi connectivity index (χ2n) is 10.00. The molecule has 0 saturated heterocycles. The van der Waals surface area contributed by atoms with Crippen molar-refractivity contribution >= 4 is 33.5 Å². The molecule has 1 aliphatic rings. The van der Waals surface area contributed by atoms with Crippen molar-refractivity contribution in [3.63, 3.8) is 0 Å². The van der Waals surface area contributed by atoms with E-state index in [4.69, 9.17) is 16.7 Å². The van der Waals surface area contributed by atoms with Crippen LogP contribution in [0, 0.1) is 5.92 Å². The standard InChI is InChI=1S/C26H23ClN10O2/c1-34-12-16(23-29-32-33-30-23)9-20(34)22-21-24(36(11-14-3-4-14)26(39)35(2)25(21)38)31-37(22)13-15-7-8-28-19-6-5-17(27)10-18(15)19/h5-10,12,14H,3-4,11,13H2,1-2H3,(H,29,30,32,33). The minimum Gasteiger partial charge on any atom is -0.349 e. The summed E-state index contributed by atoms with van der Waals surface area (Å²) in [5, 5.41) is 21.1. The molecule has 0 amide bonds. The van der Waals surface area contributed by atoms with E-state index in [9.17, 15) is 9.59 Å². The SMILES string of the molecule is Cn1cc(-c2nn[nH]n2)cc1-c1c2c(=O)n(C)c(=O)n(CC3CC3)c2nn1Cc1ccnc2ccc(Cl)cc12. The van der Waals surface area contributed by atoms with Crippen LogP contribution in [0.3, 0.4) is 0 Å². The Hall–Kier alpha value is -4.58. The summed E-state index contributed by atoms with van der Waals surface area (Å²) in [5.41, 5.74) is 3.40. The van der Waals surface area contributed by atoms with Crippen LogP contribution in [0.4, 0.5) is 0 Å². The minimum atomic E-state index is -0.395. The molecule has 6 aromatic rings. The van der Waals surface area contributed by atoms with Gasteiger partial charge in [0.1, 0.15) is 11.1 Å². The Labute approximate surface area is 225 Å². The van der Waals surface area contributed by atoms with Crippen LogP contribution in [0.5, 0.6) is 0 Å². The molecule has 0 bridgehead atoms. The maximum atomic E-state index is 13.7. The fourth-order valence-electron chi connectivity index (χ4n) is 5.14. The van der Waals surface area contributed by atoms with Gasteiger partial charge in [0, 0.05) is 49.0 Å². The summed E-state index contributed by atoms with van der Waals surface area (Å²) in [4.78, 5) is 31.4. The second kappa shape index (κ2) is 8.73. The lowest BCUT2D eigenvalue weighted by molar-refractivity contribution is 0.572. The number of fused-ring (bicyclic) bond motifs is 2. The number of H-pyrrole nitrogens is 1. The van der Waals surface area contributed by atoms with Gasteiger partial charge in [0.15, 0.2) is 5.65 Å². The molecule has 0 aliphatic heterocycles. The van der Waals surface area contributed by atoms with Gasteiger partial charge in [-0.2, -0.15) is 10.3 Å². The predicted octanol–water partition coefficient (Wildman–Crippen LogP) is 2.74. The Bertz CT molecular complexity index is 2010. The summed E-state index contributed by atoms with van der Waals surface area (Å²) in [6.07, 6.45) is 5.73. The number of tetrazole rings is 1. The molecular formula is C26H23ClN10O2. The number of aromatic amines is 1. The van der Waals surface area contributed by atoms with Crippen LogP contribution < -0.4 is 11.2 Å². The van der Waals surface area contributed by atoms with Gasteiger partial charge in [0.25, 0.3) is 5.56 Å². The Morgan fingerprint density at radius 1 is 1.13 bits per heavy atom. The molecule has 1 N–H and O–H groups in total. The molecule has 0 radical (unpaired) electrons. The predicted molar refractivity (Wildman–Crippen MR) is 145 cm³/mol. The molecule has 12 nitrogen and oxygen atoms in total. The van der Waals surface area contributed by atoms with E-state index < -0.39 is 5.56 Å². The molecule has 0 unspecified atom stereocenters. The fraction of sp³-hybridized carbons (Fsp3) is 0.269. The first-order valence-corrected chi connectivity index (χ1v) is 12.9. The maximum absolute atomic E-state index is 13.7. The number of hydrogen-bond donors (Lipinski definition) is 1. The number of halogens is 1. The summed E-state index contributed by atoms with van der Waals surface area (Å²) >= 11 is 6.33. The van der Waals surface area contributed by atoms with E-state index in [1.54, 1.807) is 21.5 Å². The van der Waals surface area contributed by atoms with Crippen molar-refractivity contribution in [1.82, 2.24) is 49.1 Å². The van der Waals surface area contributed by atoms with Crippen LogP contribution in [-0.4, -0.2) is 49.1 Å². The highest BCUT2D eigenvalue weighted by Gasteiger charge is 2.28. The summed E-state index contributed by atoms with van der Waals surface area (Å²) in [7, 11) is 3.40. The van der Waals surface area contributed by atoms with Crippen LogP contribution in [-0.2, 0) is 27.2 Å². The van der Waals surface area contributed by atoms with Gasteiger partial charge < -0.3 is 4.57 Å². The molecular weight excluding hydrogens is 520 g/mol. The molecule has 1 saturated carbocycles. The van der Waals surface area contributed by atoms with Crippen molar-refractivity contribution < 1.29 is 0 Å². The molecule has 1 aliphatic carbocycles. The van der Waals surface area contributed by atoms with Gasteiger partial charge in [-0.15, -0.1) is 10.2 Å². The third-order valence-electron chi connectivity index (χ3n) is 7.33. The Balaban J connectivity index is 1.52. The number of pyridine rings is 1. The van der Waals surface area contributed by atoms with Crippen molar-refractivity contribution in [3.8, 4) is 22.8 Å². The van der Waals surface area contributed by atoms with Crippen LogP contribution in [0.15, 0.2) is 52.3 Å². The highest BCUT2D eigenvalue weighted by Crippen LogP contribution is 2.34. The zero-order valence-electron chi connectivity index (χ0n) is 21.2. The number of nitrogens with zero attached hydrogens (tertiary/aromatic N) is 9. The van der Waals surface area contributed by atoms with Gasteiger partial charge in [-0.05, 0) is 59.9 Å². The summed E-state index contributed by atoms with van der Waals surface area (Å²) < 4.78 is 6.50. The molecule has 0 atom stereocenters. The summed E-state index contributed by atoms with van der Waals surface area (Å²) in [6, 6.07) is 9.37. The zero-order chi connectivity index (χ0) is 26.8. The summed E-state index contributed by atoms with van der Waals surface area (Å²) in [6.45, 7) is 0.849. The molecule has 5 aromatic heterocycles. The highest BCUT2D eigenvalue weighted by molar-refractivity contribution is 6.31. The minimum absolute atomic E-state index is 0.326. The largest absolute Gasteiger partial charge is 0.349 e. The van der Waals surface area contributed by atoms with E-state index in [0.29, 0.717) is 46.6 Å². The topological polar surface area (TPSA) is 134 Å². The molecule has 196 valence electrons. The number of benzene rings is 1. The van der Waals surface area contributed by atoms with Gasteiger partial charge in [0.05, 0.1) is 17.8 Å². The zero-order valence-corrected chi connectivity index (χ0v) is 21.9. The van der Waals surface area contributed by atoms with E-state index in [2.05, 4.69) is 25.6 Å². The molecule has 1 aromatic carbocycles. The second-order valence-corrected chi connectivity index (χ2v) is 10.4. The monoisotopic (exact) mass is 542 g/mol. The molecule has 7 rings (SSSR count). The molecule has 1 fully saturated rings. The maximum Gasteiger partial charge on any atom is 0.332 e. The fourth-order valence-corrected chi connectivity index (χ4v) is 5.31. The molecule has 39 heavy (non-hydrogen) atoms. The molecule has 5 heterocycles. The normalized spacial score (nSPS) is 13.6. The first-order chi connectivity index (χ1) is 18.9. The lowest BCUT2D eigenvalue weighted by Gasteiger charge is -2.11. The van der Waals surface area contributed by atoms with Crippen molar-refractivity contribution in [2.75, 3.05) is 0 Å². The van der Waals surface area contributed by atoms with E-state index in [-0.39, 0.29) is 5.69 Å². The third-order valence-corrected chi connectivity index (χ3v) is 7.56. The third kappa shape index (κ3) is 3.86. The average Bonchev–Trinajstić information content (AvgIpc) is 3.27. The molecule has 0 spiro atoms. The first kappa shape index (κ1) is 23.5. The Morgan fingerprint density at radius 2 is 1.97 bits per heavy atom. The molecule has 13 heteroatoms. The van der Waals surface area contributed by atoms with Gasteiger partial charge in [0.2, 0.25) is 5.82 Å². The van der Waals surface area contributed by atoms with Gasteiger partial charge in [-0.1, -0.05) is 11.6 Å². The van der Waals surface area contributed by atoms with Crippen LogP contribution >= 0.6 is 11.6 Å². The lowest BCUT2D eigenvalue weighted by atomic mass is 10.1. The van der Waals surface area contributed by atoms with E-state index in [1.165, 1.54) is 11.6 Å². The van der Waals surface area contributed by atoms with Crippen molar-refractivity contribution in [3.05, 3.63) is 74.1 Å². The van der Waals surface area contributed by atoms with Gasteiger partial charge in [-0.3, -0.25) is 23.6 Å². The van der Waals surface area contributed by atoms with E-state index in [0.717, 1.165) is 40.6 Å². The van der Waals surface area contributed by atoms with Gasteiger partial charge in [-0.25, -0.2) is 4.79 Å². The van der Waals surface area contributed by atoms with Crippen molar-refractivity contribution in [2.45, 2.75) is 25.9 Å². The van der Waals surface area contributed by atoms with Crippen LogP contribution in [0.2, 0.25) is 5.02 Å². The number of hydrogen-bond acceptors (Lipinski definition) is 7. The quantitative estimate of drug-likeness (QED) is 0.342. The smallest absolute Gasteiger partial charge is 0.332 e. The van der Waals surface area contributed by atoms with Crippen molar-refractivity contribution in [2.24, 2.45) is 20.0 Å². The highest BCUT2D eigenvalue weighted by atomic mass is 35.5. The number of nitrogens with one attached hydrogen (secondary N) is 1.